The van der Waals surface area contributed by atoms with Crippen molar-refractivity contribution in [2.45, 2.75) is 31.2 Å². The number of aromatic nitrogens is 2. The number of sulfonamides is 1. The summed E-state index contributed by atoms with van der Waals surface area (Å²) in [6.07, 6.45) is 4.15. The maximum atomic E-state index is 12.3. The number of nitrogens with one attached hydrogen (secondary N) is 1. The first-order chi connectivity index (χ1) is 8.54. The molecule has 1 aromatic heterocycles. The van der Waals surface area contributed by atoms with Crippen molar-refractivity contribution in [1.29, 1.82) is 0 Å². The standard InChI is InChI=1S/C11H20N4O2S/c1-9-13-8-11(14-9)18(16,17)15-6-3-10(2-5-12)4-7-15/h8,10H,2-7,12H2,1H3,(H,13,14). The number of hydrogen-bond acceptors (Lipinski definition) is 4. The second-order valence-electron chi connectivity index (χ2n) is 4.76. The third-order valence-electron chi connectivity index (χ3n) is 3.45. The van der Waals surface area contributed by atoms with E-state index in [9.17, 15) is 8.42 Å². The van der Waals surface area contributed by atoms with E-state index in [0.717, 1.165) is 19.3 Å². The largest absolute Gasteiger partial charge is 0.332 e. The SMILES string of the molecule is Cc1ncc(S(=O)(=O)N2CCC(CCN)CC2)[nH]1. The van der Waals surface area contributed by atoms with Crippen molar-refractivity contribution in [3.8, 4) is 0 Å². The second-order valence-corrected chi connectivity index (χ2v) is 6.66. The van der Waals surface area contributed by atoms with E-state index >= 15 is 0 Å². The molecule has 0 spiro atoms. The zero-order valence-corrected chi connectivity index (χ0v) is 11.4. The first-order valence-electron chi connectivity index (χ1n) is 6.26. The van der Waals surface area contributed by atoms with Gasteiger partial charge in [0.1, 0.15) is 5.82 Å². The van der Waals surface area contributed by atoms with E-state index in [4.69, 9.17) is 5.73 Å². The molecule has 2 rings (SSSR count). The van der Waals surface area contributed by atoms with Gasteiger partial charge < -0.3 is 10.7 Å². The number of imidazole rings is 1. The molecule has 0 aliphatic carbocycles. The number of nitrogens with two attached hydrogens (primary N) is 1. The molecule has 0 amide bonds. The van der Waals surface area contributed by atoms with E-state index in [-0.39, 0.29) is 5.03 Å². The zero-order chi connectivity index (χ0) is 13.2. The lowest BCUT2D eigenvalue weighted by molar-refractivity contribution is 0.265. The van der Waals surface area contributed by atoms with E-state index in [2.05, 4.69) is 9.97 Å². The van der Waals surface area contributed by atoms with Gasteiger partial charge >= 0.3 is 0 Å². The number of hydrogen-bond donors (Lipinski definition) is 2. The Hall–Kier alpha value is -0.920. The lowest BCUT2D eigenvalue weighted by Crippen LogP contribution is -2.39. The Morgan fingerprint density at radius 1 is 1.50 bits per heavy atom. The predicted octanol–water partition coefficient (Wildman–Crippen LogP) is 0.468. The van der Waals surface area contributed by atoms with Gasteiger partial charge in [0.05, 0.1) is 6.20 Å². The van der Waals surface area contributed by atoms with E-state index in [1.807, 2.05) is 0 Å². The predicted molar refractivity (Wildman–Crippen MR) is 68.5 cm³/mol. The van der Waals surface area contributed by atoms with Gasteiger partial charge in [-0.05, 0) is 38.6 Å². The lowest BCUT2D eigenvalue weighted by atomic mass is 9.95. The normalized spacial score (nSPS) is 19.2. The molecule has 1 saturated heterocycles. The van der Waals surface area contributed by atoms with Crippen LogP contribution in [0, 0.1) is 12.8 Å². The molecule has 1 aliphatic rings. The van der Waals surface area contributed by atoms with E-state index in [1.54, 1.807) is 6.92 Å². The average Bonchev–Trinajstić information content (AvgIpc) is 2.78. The Morgan fingerprint density at radius 3 is 2.67 bits per heavy atom. The fourth-order valence-electron chi connectivity index (χ4n) is 2.34. The van der Waals surface area contributed by atoms with Crippen LogP contribution in [0.3, 0.4) is 0 Å². The van der Waals surface area contributed by atoms with Crippen LogP contribution in [0.1, 0.15) is 25.1 Å². The summed E-state index contributed by atoms with van der Waals surface area (Å²) < 4.78 is 26.1. The molecule has 6 nitrogen and oxygen atoms in total. The topological polar surface area (TPSA) is 92.1 Å². The van der Waals surface area contributed by atoms with Gasteiger partial charge in [-0.3, -0.25) is 0 Å². The molecule has 0 aromatic carbocycles. The van der Waals surface area contributed by atoms with Gasteiger partial charge in [0.2, 0.25) is 0 Å². The maximum Gasteiger partial charge on any atom is 0.260 e. The van der Waals surface area contributed by atoms with Crippen molar-refractivity contribution in [2.75, 3.05) is 19.6 Å². The number of piperidine rings is 1. The molecule has 1 aliphatic heterocycles. The average molecular weight is 272 g/mol. The van der Waals surface area contributed by atoms with Crippen molar-refractivity contribution < 1.29 is 8.42 Å². The van der Waals surface area contributed by atoms with Crippen LogP contribution in [0.15, 0.2) is 11.2 Å². The highest BCUT2D eigenvalue weighted by molar-refractivity contribution is 7.89. The summed E-state index contributed by atoms with van der Waals surface area (Å²) in [5, 5.41) is 0.192. The Balaban J connectivity index is 2.05. The third kappa shape index (κ3) is 2.73. The molecule has 7 heteroatoms. The third-order valence-corrected chi connectivity index (χ3v) is 5.25. The molecule has 0 bridgehead atoms. The van der Waals surface area contributed by atoms with Crippen LogP contribution in [0.25, 0.3) is 0 Å². The van der Waals surface area contributed by atoms with Gasteiger partial charge in [-0.25, -0.2) is 13.4 Å². The minimum atomic E-state index is -3.40. The van der Waals surface area contributed by atoms with Crippen LogP contribution in [0.5, 0.6) is 0 Å². The molecule has 0 unspecified atom stereocenters. The van der Waals surface area contributed by atoms with Gasteiger partial charge in [0, 0.05) is 13.1 Å². The number of nitrogens with zero attached hydrogens (tertiary/aromatic N) is 2. The molecule has 0 saturated carbocycles. The van der Waals surface area contributed by atoms with Gasteiger partial charge in [-0.15, -0.1) is 0 Å². The van der Waals surface area contributed by atoms with Crippen LogP contribution < -0.4 is 5.73 Å². The fraction of sp³-hybridized carbons (Fsp3) is 0.727. The summed E-state index contributed by atoms with van der Waals surface area (Å²) in [4.78, 5) is 6.73. The Morgan fingerprint density at radius 2 is 2.17 bits per heavy atom. The molecule has 0 radical (unpaired) electrons. The molecule has 2 heterocycles. The van der Waals surface area contributed by atoms with Gasteiger partial charge in [-0.1, -0.05) is 0 Å². The van der Waals surface area contributed by atoms with Crippen molar-refractivity contribution in [2.24, 2.45) is 11.7 Å². The molecule has 1 fully saturated rings. The van der Waals surface area contributed by atoms with Crippen LogP contribution in [-0.4, -0.2) is 42.3 Å². The van der Waals surface area contributed by atoms with Crippen LogP contribution in [-0.2, 0) is 10.0 Å². The maximum absolute atomic E-state index is 12.3. The quantitative estimate of drug-likeness (QED) is 0.833. The van der Waals surface area contributed by atoms with E-state index in [0.29, 0.717) is 31.4 Å². The molecule has 18 heavy (non-hydrogen) atoms. The zero-order valence-electron chi connectivity index (χ0n) is 10.6. The van der Waals surface area contributed by atoms with E-state index in [1.165, 1.54) is 10.5 Å². The Bertz CT molecular complexity index is 489. The summed E-state index contributed by atoms with van der Waals surface area (Å²) in [7, 11) is -3.40. The van der Waals surface area contributed by atoms with Crippen LogP contribution in [0.4, 0.5) is 0 Å². The minimum Gasteiger partial charge on any atom is -0.332 e. The molecular formula is C11H20N4O2S. The van der Waals surface area contributed by atoms with Gasteiger partial charge in [0.15, 0.2) is 5.03 Å². The summed E-state index contributed by atoms with van der Waals surface area (Å²) in [5.41, 5.74) is 5.53. The summed E-state index contributed by atoms with van der Waals surface area (Å²) in [5.74, 6) is 1.18. The van der Waals surface area contributed by atoms with Crippen LogP contribution >= 0.6 is 0 Å². The molecule has 3 N–H and O–H groups in total. The highest BCUT2D eigenvalue weighted by Gasteiger charge is 2.30. The highest BCUT2D eigenvalue weighted by atomic mass is 32.2. The Labute approximate surface area is 108 Å². The van der Waals surface area contributed by atoms with E-state index < -0.39 is 10.0 Å². The Kier molecular flexibility index (Phi) is 4.04. The second kappa shape index (κ2) is 5.38. The molecular weight excluding hydrogens is 252 g/mol. The minimum absolute atomic E-state index is 0.192. The molecule has 0 atom stereocenters. The number of aromatic amines is 1. The molecule has 102 valence electrons. The van der Waals surface area contributed by atoms with Crippen molar-refractivity contribution in [3.05, 3.63) is 12.0 Å². The lowest BCUT2D eigenvalue weighted by Gasteiger charge is -2.30. The van der Waals surface area contributed by atoms with Crippen molar-refractivity contribution in [1.82, 2.24) is 14.3 Å². The summed E-state index contributed by atoms with van der Waals surface area (Å²) in [6, 6.07) is 0. The number of H-pyrrole nitrogens is 1. The first-order valence-corrected chi connectivity index (χ1v) is 7.70. The summed E-state index contributed by atoms with van der Waals surface area (Å²) >= 11 is 0. The van der Waals surface area contributed by atoms with Gasteiger partial charge in [-0.2, -0.15) is 4.31 Å². The molecule has 1 aromatic rings. The smallest absolute Gasteiger partial charge is 0.260 e. The first kappa shape index (κ1) is 13.5. The highest BCUT2D eigenvalue weighted by Crippen LogP contribution is 2.24. The summed E-state index contributed by atoms with van der Waals surface area (Å²) in [6.45, 7) is 3.57. The van der Waals surface area contributed by atoms with Crippen LogP contribution in [0.2, 0.25) is 0 Å². The number of rotatable bonds is 4. The van der Waals surface area contributed by atoms with Crippen molar-refractivity contribution in [3.63, 3.8) is 0 Å². The number of aryl methyl sites for hydroxylation is 1. The fourth-order valence-corrected chi connectivity index (χ4v) is 3.77. The van der Waals surface area contributed by atoms with Gasteiger partial charge in [0.25, 0.3) is 10.0 Å². The van der Waals surface area contributed by atoms with Crippen molar-refractivity contribution >= 4 is 10.0 Å². The monoisotopic (exact) mass is 272 g/mol.